The number of alkyl halides is 3. The molecule has 90 valence electrons. The Morgan fingerprint density at radius 1 is 1.38 bits per heavy atom. The van der Waals surface area contributed by atoms with Gasteiger partial charge in [0.15, 0.2) is 0 Å². The van der Waals surface area contributed by atoms with Gasteiger partial charge in [-0.05, 0) is 18.1 Å². The van der Waals surface area contributed by atoms with Gasteiger partial charge >= 0.3 is 6.18 Å². The van der Waals surface area contributed by atoms with Gasteiger partial charge in [0.25, 0.3) is 0 Å². The maximum atomic E-state index is 12.8. The highest BCUT2D eigenvalue weighted by Gasteiger charge is 2.28. The molecule has 1 heterocycles. The third-order valence-corrected chi connectivity index (χ3v) is 2.05. The van der Waals surface area contributed by atoms with Crippen molar-refractivity contribution < 1.29 is 17.6 Å². The maximum absolute atomic E-state index is 12.8. The lowest BCUT2D eigenvalue weighted by atomic mass is 10.0. The van der Waals surface area contributed by atoms with Crippen LogP contribution in [0.2, 0.25) is 0 Å². The molecule has 0 radical (unpaired) electrons. The van der Waals surface area contributed by atoms with E-state index in [4.69, 9.17) is 5.84 Å². The lowest BCUT2D eigenvalue weighted by Crippen LogP contribution is -2.29. The first-order valence-electron chi connectivity index (χ1n) is 4.55. The minimum Gasteiger partial charge on any atom is -0.271 e. The van der Waals surface area contributed by atoms with Crippen LogP contribution in [-0.2, 0) is 0 Å². The van der Waals surface area contributed by atoms with Crippen LogP contribution in [0.1, 0.15) is 24.4 Å². The van der Waals surface area contributed by atoms with Gasteiger partial charge in [-0.3, -0.25) is 16.3 Å². The molecule has 1 unspecified atom stereocenters. The van der Waals surface area contributed by atoms with Gasteiger partial charge in [0.2, 0.25) is 0 Å². The minimum absolute atomic E-state index is 0.259. The summed E-state index contributed by atoms with van der Waals surface area (Å²) in [6.45, 7) is 0. The number of hydrogen-bond acceptors (Lipinski definition) is 3. The van der Waals surface area contributed by atoms with Crippen molar-refractivity contribution >= 4 is 0 Å². The lowest BCUT2D eigenvalue weighted by molar-refractivity contribution is -0.136. The van der Waals surface area contributed by atoms with Crippen molar-refractivity contribution in [1.29, 1.82) is 0 Å². The van der Waals surface area contributed by atoms with Crippen LogP contribution in [0.4, 0.5) is 17.6 Å². The number of nitrogens with one attached hydrogen (secondary N) is 1. The first kappa shape index (κ1) is 12.9. The highest BCUT2D eigenvalue weighted by Crippen LogP contribution is 2.26. The van der Waals surface area contributed by atoms with Gasteiger partial charge in [0.05, 0.1) is 6.20 Å². The number of rotatable bonds is 4. The van der Waals surface area contributed by atoms with Gasteiger partial charge in [-0.1, -0.05) is 0 Å². The number of pyridine rings is 1. The van der Waals surface area contributed by atoms with Crippen molar-refractivity contribution in [3.05, 3.63) is 29.8 Å². The van der Waals surface area contributed by atoms with Crippen molar-refractivity contribution in [1.82, 2.24) is 10.4 Å². The zero-order valence-corrected chi connectivity index (χ0v) is 8.26. The molecule has 3 N–H and O–H groups in total. The Balaban J connectivity index is 2.68. The summed E-state index contributed by atoms with van der Waals surface area (Å²) in [4.78, 5) is 3.55. The van der Waals surface area contributed by atoms with Crippen molar-refractivity contribution in [2.75, 3.05) is 0 Å². The Morgan fingerprint density at radius 3 is 2.56 bits per heavy atom. The highest BCUT2D eigenvalue weighted by molar-refractivity contribution is 5.14. The Hall–Kier alpha value is -1.21. The van der Waals surface area contributed by atoms with E-state index >= 15 is 0 Å². The largest absolute Gasteiger partial charge is 0.389 e. The van der Waals surface area contributed by atoms with E-state index in [1.165, 1.54) is 6.20 Å². The van der Waals surface area contributed by atoms with Crippen molar-refractivity contribution in [3.8, 4) is 0 Å². The molecule has 1 aromatic rings. The SMILES string of the molecule is NNC(CCC(F)(F)F)c1cncc(F)c1. The van der Waals surface area contributed by atoms with Gasteiger partial charge < -0.3 is 0 Å². The Bertz CT molecular complexity index is 340. The Labute approximate surface area is 89.6 Å². The summed E-state index contributed by atoms with van der Waals surface area (Å²) in [6.07, 6.45) is -3.25. The normalized spacial score (nSPS) is 13.8. The second kappa shape index (κ2) is 5.22. The fourth-order valence-electron chi connectivity index (χ4n) is 1.27. The number of halogens is 4. The van der Waals surface area contributed by atoms with Crippen LogP contribution in [0.25, 0.3) is 0 Å². The summed E-state index contributed by atoms with van der Waals surface area (Å²) in [6, 6.07) is 0.346. The van der Waals surface area contributed by atoms with Crippen LogP contribution in [0.3, 0.4) is 0 Å². The third-order valence-electron chi connectivity index (χ3n) is 2.05. The minimum atomic E-state index is -4.25. The molecule has 0 aliphatic rings. The van der Waals surface area contributed by atoms with Gasteiger partial charge in [0, 0.05) is 18.7 Å². The molecule has 0 fully saturated rings. The molecule has 1 atom stereocenters. The van der Waals surface area contributed by atoms with E-state index in [0.717, 1.165) is 12.3 Å². The predicted octanol–water partition coefficient (Wildman–Crippen LogP) is 2.07. The Morgan fingerprint density at radius 2 is 2.06 bits per heavy atom. The van der Waals surface area contributed by atoms with E-state index in [9.17, 15) is 17.6 Å². The molecule has 3 nitrogen and oxygen atoms in total. The first-order valence-corrected chi connectivity index (χ1v) is 4.55. The second-order valence-corrected chi connectivity index (χ2v) is 3.31. The quantitative estimate of drug-likeness (QED) is 0.479. The number of nitrogens with two attached hydrogens (primary N) is 1. The van der Waals surface area contributed by atoms with Crippen LogP contribution >= 0.6 is 0 Å². The van der Waals surface area contributed by atoms with Gasteiger partial charge in [-0.15, -0.1) is 0 Å². The summed E-state index contributed by atoms with van der Waals surface area (Å²) < 4.78 is 48.8. The fourth-order valence-corrected chi connectivity index (χ4v) is 1.27. The van der Waals surface area contributed by atoms with Crippen molar-refractivity contribution in [2.24, 2.45) is 5.84 Å². The number of aromatic nitrogens is 1. The van der Waals surface area contributed by atoms with Crippen molar-refractivity contribution in [2.45, 2.75) is 25.1 Å². The van der Waals surface area contributed by atoms with E-state index in [0.29, 0.717) is 5.56 Å². The number of hydrazine groups is 1. The smallest absolute Gasteiger partial charge is 0.271 e. The molecule has 0 aliphatic carbocycles. The van der Waals surface area contributed by atoms with E-state index in [-0.39, 0.29) is 6.42 Å². The first-order chi connectivity index (χ1) is 7.42. The topological polar surface area (TPSA) is 50.9 Å². The third kappa shape index (κ3) is 4.11. The van der Waals surface area contributed by atoms with Gasteiger partial charge in [-0.2, -0.15) is 13.2 Å². The highest BCUT2D eigenvalue weighted by atomic mass is 19.4. The van der Waals surface area contributed by atoms with Gasteiger partial charge in [-0.25, -0.2) is 4.39 Å². The summed E-state index contributed by atoms with van der Waals surface area (Å²) >= 11 is 0. The average Bonchev–Trinajstić information content (AvgIpc) is 2.17. The molecule has 1 aromatic heterocycles. The second-order valence-electron chi connectivity index (χ2n) is 3.31. The zero-order valence-electron chi connectivity index (χ0n) is 8.26. The number of nitrogens with zero attached hydrogens (tertiary/aromatic N) is 1. The summed E-state index contributed by atoms with van der Waals surface area (Å²) in [5, 5.41) is 0. The summed E-state index contributed by atoms with van der Waals surface area (Å²) in [5.74, 6) is 4.51. The van der Waals surface area contributed by atoms with Gasteiger partial charge in [0.1, 0.15) is 5.82 Å². The van der Waals surface area contributed by atoms with Crippen LogP contribution in [-0.4, -0.2) is 11.2 Å². The zero-order chi connectivity index (χ0) is 12.2. The molecule has 0 aromatic carbocycles. The molecule has 0 amide bonds. The number of hydrogen-bond donors (Lipinski definition) is 2. The van der Waals surface area contributed by atoms with E-state index in [1.54, 1.807) is 0 Å². The predicted molar refractivity (Wildman–Crippen MR) is 49.5 cm³/mol. The van der Waals surface area contributed by atoms with E-state index in [1.807, 2.05) is 0 Å². The molecular weight excluding hydrogens is 226 g/mol. The fraction of sp³-hybridized carbons (Fsp3) is 0.444. The van der Waals surface area contributed by atoms with E-state index in [2.05, 4.69) is 10.4 Å². The molecule has 0 saturated heterocycles. The molecule has 0 spiro atoms. The van der Waals surface area contributed by atoms with Crippen LogP contribution < -0.4 is 11.3 Å². The van der Waals surface area contributed by atoms with E-state index < -0.39 is 24.5 Å². The molecule has 7 heteroatoms. The maximum Gasteiger partial charge on any atom is 0.389 e. The molecule has 0 aliphatic heterocycles. The van der Waals surface area contributed by atoms with Crippen LogP contribution in [0.5, 0.6) is 0 Å². The molecule has 0 bridgehead atoms. The molecule has 16 heavy (non-hydrogen) atoms. The summed E-state index contributed by atoms with van der Waals surface area (Å²) in [7, 11) is 0. The molecular formula is C9H11F4N3. The van der Waals surface area contributed by atoms with Crippen molar-refractivity contribution in [3.63, 3.8) is 0 Å². The lowest BCUT2D eigenvalue weighted by Gasteiger charge is -2.16. The monoisotopic (exact) mass is 237 g/mol. The summed E-state index contributed by atoms with van der Waals surface area (Å²) in [5.41, 5.74) is 2.51. The van der Waals surface area contributed by atoms with Crippen LogP contribution in [0.15, 0.2) is 18.5 Å². The molecule has 0 saturated carbocycles. The average molecular weight is 237 g/mol. The Kier molecular flexibility index (Phi) is 4.19. The molecule has 1 rings (SSSR count). The van der Waals surface area contributed by atoms with Crippen LogP contribution in [0, 0.1) is 5.82 Å². The standard InChI is InChI=1S/C9H11F4N3/c10-7-3-6(4-15-5-7)8(16-14)1-2-9(11,12)13/h3-5,8,16H,1-2,14H2.